The summed E-state index contributed by atoms with van der Waals surface area (Å²) in [5.41, 5.74) is 3.57. The van der Waals surface area contributed by atoms with Crippen LogP contribution in [0.15, 0.2) is 77.5 Å². The first-order valence-corrected chi connectivity index (χ1v) is 10.5. The molecule has 0 saturated carbocycles. The van der Waals surface area contributed by atoms with Gasteiger partial charge in [-0.1, -0.05) is 42.5 Å². The molecule has 2 aromatic heterocycles. The van der Waals surface area contributed by atoms with Gasteiger partial charge >= 0.3 is 0 Å². The Kier molecular flexibility index (Phi) is 6.18. The third-order valence-corrected chi connectivity index (χ3v) is 5.59. The molecule has 1 amide bonds. The van der Waals surface area contributed by atoms with E-state index in [1.165, 1.54) is 0 Å². The van der Waals surface area contributed by atoms with Crippen LogP contribution in [0.1, 0.15) is 16.2 Å². The lowest BCUT2D eigenvalue weighted by Crippen LogP contribution is -2.28. The second-order valence-corrected chi connectivity index (χ2v) is 7.98. The molecule has 4 rings (SSSR count). The SMILES string of the molecule is CN(Cc1c(Br)cnn1C)C(=O)c1ccn(COc2ccc(-c3ccccc3)cc2)n1. The first kappa shape index (κ1) is 20.9. The molecule has 0 aliphatic rings. The fourth-order valence-electron chi connectivity index (χ4n) is 3.17. The van der Waals surface area contributed by atoms with Gasteiger partial charge < -0.3 is 9.64 Å². The zero-order valence-corrected chi connectivity index (χ0v) is 18.9. The molecule has 0 saturated heterocycles. The van der Waals surface area contributed by atoms with E-state index in [-0.39, 0.29) is 12.6 Å². The third-order valence-electron chi connectivity index (χ3n) is 4.93. The molecule has 2 heterocycles. The van der Waals surface area contributed by atoms with Crippen molar-refractivity contribution < 1.29 is 9.53 Å². The molecule has 0 N–H and O–H groups in total. The molecule has 2 aromatic carbocycles. The van der Waals surface area contributed by atoms with Gasteiger partial charge in [-0.3, -0.25) is 9.48 Å². The predicted molar refractivity (Wildman–Crippen MR) is 121 cm³/mol. The number of rotatable bonds is 7. The van der Waals surface area contributed by atoms with E-state index < -0.39 is 0 Å². The van der Waals surface area contributed by atoms with Crippen LogP contribution in [0.4, 0.5) is 0 Å². The minimum Gasteiger partial charge on any atom is -0.471 e. The van der Waals surface area contributed by atoms with E-state index in [4.69, 9.17) is 4.74 Å². The Labute approximate surface area is 189 Å². The van der Waals surface area contributed by atoms with Gasteiger partial charge in [-0.05, 0) is 45.3 Å². The van der Waals surface area contributed by atoms with Crippen LogP contribution in [0, 0.1) is 0 Å². The minimum absolute atomic E-state index is 0.168. The van der Waals surface area contributed by atoms with Crippen LogP contribution in [-0.4, -0.2) is 37.4 Å². The summed E-state index contributed by atoms with van der Waals surface area (Å²) in [6.07, 6.45) is 3.45. The molecule has 0 aliphatic carbocycles. The van der Waals surface area contributed by atoms with E-state index in [1.54, 1.807) is 39.8 Å². The van der Waals surface area contributed by atoms with E-state index in [0.29, 0.717) is 12.2 Å². The van der Waals surface area contributed by atoms with E-state index >= 15 is 0 Å². The lowest BCUT2D eigenvalue weighted by molar-refractivity contribution is 0.0773. The number of aromatic nitrogens is 4. The lowest BCUT2D eigenvalue weighted by Gasteiger charge is -2.16. The number of aryl methyl sites for hydroxylation is 1. The van der Waals surface area contributed by atoms with Crippen molar-refractivity contribution in [1.29, 1.82) is 0 Å². The number of halogens is 1. The van der Waals surface area contributed by atoms with Gasteiger partial charge in [0.05, 0.1) is 22.9 Å². The lowest BCUT2D eigenvalue weighted by atomic mass is 10.1. The molecule has 0 spiro atoms. The Bertz CT molecular complexity index is 1150. The maximum absolute atomic E-state index is 12.7. The van der Waals surface area contributed by atoms with E-state index in [1.807, 2.05) is 49.5 Å². The average molecular weight is 480 g/mol. The average Bonchev–Trinajstić information content (AvgIpc) is 3.40. The van der Waals surface area contributed by atoms with Crippen molar-refractivity contribution in [3.63, 3.8) is 0 Å². The van der Waals surface area contributed by atoms with Crippen LogP contribution >= 0.6 is 15.9 Å². The summed E-state index contributed by atoms with van der Waals surface area (Å²) in [4.78, 5) is 14.3. The second-order valence-electron chi connectivity index (χ2n) is 7.13. The van der Waals surface area contributed by atoms with Crippen molar-refractivity contribution in [3.8, 4) is 16.9 Å². The number of carbonyl (C=O) groups is 1. The highest BCUT2D eigenvalue weighted by atomic mass is 79.9. The number of hydrogen-bond acceptors (Lipinski definition) is 4. The molecule has 0 atom stereocenters. The van der Waals surface area contributed by atoms with Crippen LogP contribution in [-0.2, 0) is 20.3 Å². The summed E-state index contributed by atoms with van der Waals surface area (Å²) in [5.74, 6) is 0.570. The summed E-state index contributed by atoms with van der Waals surface area (Å²) < 4.78 is 10.0. The van der Waals surface area contributed by atoms with Crippen molar-refractivity contribution in [1.82, 2.24) is 24.5 Å². The molecule has 0 unspecified atom stereocenters. The molecule has 0 aliphatic heterocycles. The summed E-state index contributed by atoms with van der Waals surface area (Å²) in [6.45, 7) is 0.641. The number of ether oxygens (including phenoxy) is 1. The number of hydrogen-bond donors (Lipinski definition) is 0. The standard InChI is InChI=1S/C23H22BrN5O2/c1-27(15-22-20(24)14-25-28(22)2)23(30)21-12-13-29(26-21)16-31-19-10-8-18(9-11-19)17-6-4-3-5-7-17/h3-14H,15-16H2,1-2H3. The number of carbonyl (C=O) groups excluding carboxylic acids is 1. The van der Waals surface area contributed by atoms with Crippen LogP contribution in [0.25, 0.3) is 11.1 Å². The van der Waals surface area contributed by atoms with Crippen molar-refractivity contribution in [2.45, 2.75) is 13.3 Å². The minimum atomic E-state index is -0.168. The Morgan fingerprint density at radius 3 is 2.45 bits per heavy atom. The number of nitrogens with zero attached hydrogens (tertiary/aromatic N) is 5. The summed E-state index contributed by atoms with van der Waals surface area (Å²) in [6, 6.07) is 19.8. The van der Waals surface area contributed by atoms with Gasteiger partial charge in [0.2, 0.25) is 0 Å². The summed E-state index contributed by atoms with van der Waals surface area (Å²) in [5, 5.41) is 8.53. The quantitative estimate of drug-likeness (QED) is 0.395. The van der Waals surface area contributed by atoms with Crippen LogP contribution < -0.4 is 4.74 Å². The molecule has 0 fully saturated rings. The van der Waals surface area contributed by atoms with Gasteiger partial charge in [0.15, 0.2) is 12.4 Å². The Balaban J connectivity index is 1.35. The molecular weight excluding hydrogens is 458 g/mol. The van der Waals surface area contributed by atoms with Gasteiger partial charge in [-0.25, -0.2) is 4.68 Å². The highest BCUT2D eigenvalue weighted by Gasteiger charge is 2.18. The molecule has 7 nitrogen and oxygen atoms in total. The van der Waals surface area contributed by atoms with Gasteiger partial charge in [0.1, 0.15) is 5.75 Å². The highest BCUT2D eigenvalue weighted by molar-refractivity contribution is 9.10. The van der Waals surface area contributed by atoms with E-state index in [0.717, 1.165) is 27.0 Å². The Morgan fingerprint density at radius 2 is 1.77 bits per heavy atom. The molecule has 158 valence electrons. The normalized spacial score (nSPS) is 10.8. The summed E-state index contributed by atoms with van der Waals surface area (Å²) in [7, 11) is 3.59. The number of amides is 1. The van der Waals surface area contributed by atoms with Gasteiger partial charge in [0, 0.05) is 20.3 Å². The monoisotopic (exact) mass is 479 g/mol. The fourth-order valence-corrected chi connectivity index (χ4v) is 3.64. The van der Waals surface area contributed by atoms with Gasteiger partial charge in [-0.2, -0.15) is 10.2 Å². The predicted octanol–water partition coefficient (Wildman–Crippen LogP) is 4.35. The Hall–Kier alpha value is -3.39. The maximum Gasteiger partial charge on any atom is 0.274 e. The van der Waals surface area contributed by atoms with Crippen LogP contribution in [0.2, 0.25) is 0 Å². The largest absolute Gasteiger partial charge is 0.471 e. The molecular formula is C23H22BrN5O2. The third kappa shape index (κ3) is 4.86. The highest BCUT2D eigenvalue weighted by Crippen LogP contribution is 2.22. The smallest absolute Gasteiger partial charge is 0.274 e. The van der Waals surface area contributed by atoms with E-state index in [9.17, 15) is 4.79 Å². The van der Waals surface area contributed by atoms with Crippen molar-refractivity contribution in [3.05, 3.63) is 88.9 Å². The maximum atomic E-state index is 12.7. The van der Waals surface area contributed by atoms with Gasteiger partial charge in [-0.15, -0.1) is 0 Å². The van der Waals surface area contributed by atoms with Crippen LogP contribution in [0.3, 0.4) is 0 Å². The molecule has 8 heteroatoms. The van der Waals surface area contributed by atoms with Crippen molar-refractivity contribution in [2.24, 2.45) is 7.05 Å². The fraction of sp³-hybridized carbons (Fsp3) is 0.174. The first-order chi connectivity index (χ1) is 15.0. The second kappa shape index (κ2) is 9.18. The summed E-state index contributed by atoms with van der Waals surface area (Å²) >= 11 is 3.46. The van der Waals surface area contributed by atoms with Crippen LogP contribution in [0.5, 0.6) is 5.75 Å². The zero-order valence-electron chi connectivity index (χ0n) is 17.3. The first-order valence-electron chi connectivity index (χ1n) is 9.75. The number of benzene rings is 2. The topological polar surface area (TPSA) is 65.2 Å². The molecule has 31 heavy (non-hydrogen) atoms. The Morgan fingerprint density at radius 1 is 1.06 bits per heavy atom. The molecule has 0 bridgehead atoms. The molecule has 0 radical (unpaired) electrons. The molecule has 4 aromatic rings. The van der Waals surface area contributed by atoms with Crippen molar-refractivity contribution in [2.75, 3.05) is 7.05 Å². The van der Waals surface area contributed by atoms with E-state index in [2.05, 4.69) is 38.3 Å². The van der Waals surface area contributed by atoms with Crippen molar-refractivity contribution >= 4 is 21.8 Å². The van der Waals surface area contributed by atoms with Gasteiger partial charge in [0.25, 0.3) is 5.91 Å². The zero-order chi connectivity index (χ0) is 21.8.